The molecule has 0 fully saturated rings. The smallest absolute Gasteiger partial charge is 0.809 e. The molecule has 1 unspecified atom stereocenters. The van der Waals surface area contributed by atoms with E-state index in [2.05, 4.69) is 4.74 Å². The van der Waals surface area contributed by atoms with E-state index >= 15 is 0 Å². The van der Waals surface area contributed by atoms with Crippen molar-refractivity contribution in [3.8, 4) is 0 Å². The summed E-state index contributed by atoms with van der Waals surface area (Å²) < 4.78 is 14.4. The Balaban J connectivity index is -0.000000980. The van der Waals surface area contributed by atoms with Crippen LogP contribution < -0.4 is 68.9 Å². The number of carbonyl (C=O) groups is 1. The van der Waals surface area contributed by atoms with Gasteiger partial charge in [0.25, 0.3) is 0 Å². The molecule has 0 bridgehead atoms. The summed E-state index contributed by atoms with van der Waals surface area (Å²) in [6.45, 7) is 0.202. The summed E-state index contributed by atoms with van der Waals surface area (Å²) in [5.41, 5.74) is 0. The molecule has 90 valence electrons. The minimum absolute atomic E-state index is 0. The Morgan fingerprint density at radius 2 is 1.94 bits per heavy atom. The molecule has 0 spiro atoms. The maximum absolute atomic E-state index is 10.5. The molecule has 0 rings (SSSR count). The van der Waals surface area contributed by atoms with Crippen molar-refractivity contribution in [1.82, 2.24) is 5.06 Å². The number of ether oxygens (including phenoxy) is 1. The Bertz CT molecular complexity index is 261. The summed E-state index contributed by atoms with van der Waals surface area (Å²) >= 11 is 0. The maximum atomic E-state index is 10.5. The number of hydrogen-bond donors (Lipinski definition) is 2. The molecule has 1 amide bonds. The van der Waals surface area contributed by atoms with Crippen molar-refractivity contribution in [2.24, 2.45) is 0 Å². The van der Waals surface area contributed by atoms with Crippen LogP contribution in [-0.2, 0) is 14.1 Å². The molecular formula is C6H12NNa2O7P. The quantitative estimate of drug-likeness (QED) is 0.214. The number of aliphatic hydroxyl groups is 1. The van der Waals surface area contributed by atoms with Crippen molar-refractivity contribution in [3.05, 3.63) is 0 Å². The summed E-state index contributed by atoms with van der Waals surface area (Å²) in [6.07, 6.45) is -2.29. The summed E-state index contributed by atoms with van der Waals surface area (Å²) in [5, 5.41) is 18.2. The molecule has 2 N–H and O–H groups in total. The molecule has 0 aliphatic rings. The second-order valence-electron chi connectivity index (χ2n) is 2.87. The second-order valence-corrected chi connectivity index (χ2v) is 4.35. The third-order valence-corrected chi connectivity index (χ3v) is 1.81. The van der Waals surface area contributed by atoms with Crippen molar-refractivity contribution in [3.63, 3.8) is 0 Å². The molecule has 0 aliphatic heterocycles. The van der Waals surface area contributed by atoms with E-state index in [0.29, 0.717) is 0 Å². The van der Waals surface area contributed by atoms with Crippen molar-refractivity contribution in [2.75, 3.05) is 19.5 Å². The van der Waals surface area contributed by atoms with Crippen LogP contribution in [0.5, 0.6) is 0 Å². The van der Waals surface area contributed by atoms with Gasteiger partial charge in [0.05, 0.1) is 25.6 Å². The van der Waals surface area contributed by atoms with E-state index in [1.54, 1.807) is 0 Å². The number of rotatable bonds is 6. The third-order valence-electron chi connectivity index (χ3n) is 1.31. The third kappa shape index (κ3) is 15.4. The molecule has 0 saturated carbocycles. The van der Waals surface area contributed by atoms with Gasteiger partial charge in [0, 0.05) is 6.92 Å². The molecule has 0 radical (unpaired) electrons. The first-order valence-corrected chi connectivity index (χ1v) is 5.69. The van der Waals surface area contributed by atoms with Crippen molar-refractivity contribution >= 4 is 13.5 Å². The Labute approximate surface area is 143 Å². The predicted molar refractivity (Wildman–Crippen MR) is 43.6 cm³/mol. The standard InChI is InChI=1S/C6H14NO7P.2Na/c1-5(8)7(10)2-6(9)3-14-4-15(11,12)13;;/h6,9-10H,2-4H2,1H3,(H2,11,12,13);;/q;2*+1/p-2. The maximum Gasteiger partial charge on any atom is 1.00 e. The van der Waals surface area contributed by atoms with Gasteiger partial charge in [-0.05, 0) is 7.60 Å². The van der Waals surface area contributed by atoms with Crippen LogP contribution in [0.15, 0.2) is 0 Å². The van der Waals surface area contributed by atoms with Crippen molar-refractivity contribution in [1.29, 1.82) is 0 Å². The summed E-state index contributed by atoms with van der Waals surface area (Å²) in [6, 6.07) is 0. The van der Waals surface area contributed by atoms with Crippen LogP contribution in [0.3, 0.4) is 0 Å². The molecule has 0 aromatic heterocycles. The van der Waals surface area contributed by atoms with Crippen LogP contribution in [0.2, 0.25) is 0 Å². The van der Waals surface area contributed by atoms with Gasteiger partial charge in [-0.2, -0.15) is 0 Å². The zero-order chi connectivity index (χ0) is 12.1. The van der Waals surface area contributed by atoms with E-state index in [9.17, 15) is 19.1 Å². The Hall–Kier alpha value is 1.50. The average molecular weight is 287 g/mol. The fraction of sp³-hybridized carbons (Fsp3) is 0.833. The van der Waals surface area contributed by atoms with Crippen LogP contribution in [0.1, 0.15) is 6.92 Å². The molecule has 17 heavy (non-hydrogen) atoms. The van der Waals surface area contributed by atoms with Crippen molar-refractivity contribution < 1.29 is 93.3 Å². The number of hydroxylamine groups is 2. The molecule has 1 atom stereocenters. The van der Waals surface area contributed by atoms with Gasteiger partial charge in [0.2, 0.25) is 5.91 Å². The Morgan fingerprint density at radius 3 is 2.29 bits per heavy atom. The van der Waals surface area contributed by atoms with Crippen LogP contribution in [0.4, 0.5) is 0 Å². The largest absolute Gasteiger partial charge is 1.00 e. The van der Waals surface area contributed by atoms with Gasteiger partial charge in [0.1, 0.15) is 0 Å². The van der Waals surface area contributed by atoms with Gasteiger partial charge in [-0.3, -0.25) is 10.0 Å². The molecule has 0 saturated heterocycles. The van der Waals surface area contributed by atoms with Crippen LogP contribution in [-0.4, -0.2) is 46.9 Å². The van der Waals surface area contributed by atoms with E-state index in [1.807, 2.05) is 0 Å². The monoisotopic (exact) mass is 287 g/mol. The van der Waals surface area contributed by atoms with E-state index in [0.717, 1.165) is 6.92 Å². The first-order chi connectivity index (χ1) is 6.72. The molecular weight excluding hydrogens is 275 g/mol. The molecule has 0 aromatic carbocycles. The molecule has 0 heterocycles. The fourth-order valence-electron chi connectivity index (χ4n) is 0.681. The average Bonchev–Trinajstić information content (AvgIpc) is 2.01. The number of aliphatic hydroxyl groups excluding tert-OH is 1. The van der Waals surface area contributed by atoms with Crippen molar-refractivity contribution in [2.45, 2.75) is 13.0 Å². The number of amides is 1. The van der Waals surface area contributed by atoms with E-state index in [-0.39, 0.29) is 64.2 Å². The van der Waals surface area contributed by atoms with E-state index in [4.69, 9.17) is 10.3 Å². The van der Waals surface area contributed by atoms with Gasteiger partial charge in [-0.15, -0.1) is 0 Å². The minimum Gasteiger partial charge on any atom is -0.809 e. The molecule has 0 aromatic rings. The van der Waals surface area contributed by atoms with Gasteiger partial charge in [-0.1, -0.05) is 0 Å². The summed E-state index contributed by atoms with van der Waals surface area (Å²) in [5.74, 6) is -0.674. The van der Waals surface area contributed by atoms with Crippen LogP contribution in [0, 0.1) is 0 Å². The first-order valence-electron chi connectivity index (χ1n) is 3.96. The fourth-order valence-corrected chi connectivity index (χ4v) is 1.01. The van der Waals surface area contributed by atoms with Gasteiger partial charge >= 0.3 is 59.1 Å². The summed E-state index contributed by atoms with van der Waals surface area (Å²) in [7, 11) is -4.75. The van der Waals surface area contributed by atoms with Gasteiger partial charge < -0.3 is 24.2 Å². The van der Waals surface area contributed by atoms with Crippen LogP contribution >= 0.6 is 7.60 Å². The number of carbonyl (C=O) groups excluding carboxylic acids is 1. The predicted octanol–water partition coefficient (Wildman–Crippen LogP) is -8.52. The van der Waals surface area contributed by atoms with Crippen LogP contribution in [0.25, 0.3) is 0 Å². The number of nitrogens with zero attached hydrogens (tertiary/aromatic N) is 1. The second kappa shape index (κ2) is 11.3. The Morgan fingerprint density at radius 1 is 1.47 bits per heavy atom. The van der Waals surface area contributed by atoms with Gasteiger partial charge in [-0.25, -0.2) is 5.06 Å². The van der Waals surface area contributed by atoms with Gasteiger partial charge in [0.15, 0.2) is 0 Å². The van der Waals surface area contributed by atoms with E-state index < -0.39 is 39.1 Å². The normalized spacial score (nSPS) is 12.1. The summed E-state index contributed by atoms with van der Waals surface area (Å²) in [4.78, 5) is 30.7. The zero-order valence-electron chi connectivity index (χ0n) is 10.0. The molecule has 0 aliphatic carbocycles. The molecule has 8 nitrogen and oxygen atoms in total. The topological polar surface area (TPSA) is 133 Å². The SMILES string of the molecule is CC(=O)N(O)CC(O)COCP(=O)([O-])[O-].[Na+].[Na+]. The minimum atomic E-state index is -4.75. The zero-order valence-corrected chi connectivity index (χ0v) is 14.9. The first kappa shape index (κ1) is 23.6. The Kier molecular flexibility index (Phi) is 15.7. The number of hydrogen-bond acceptors (Lipinski definition) is 7. The van der Waals surface area contributed by atoms with E-state index in [1.165, 1.54) is 0 Å². The molecule has 11 heteroatoms.